The molecule has 1 atom stereocenters. The molecule has 7 heteroatoms. The van der Waals surface area contributed by atoms with E-state index in [2.05, 4.69) is 33.5 Å². The number of amides is 2. The Balaban J connectivity index is 1.32. The van der Waals surface area contributed by atoms with Crippen molar-refractivity contribution in [2.24, 2.45) is 0 Å². The molecule has 3 heterocycles. The van der Waals surface area contributed by atoms with Crippen LogP contribution < -0.4 is 5.32 Å². The van der Waals surface area contributed by atoms with Gasteiger partial charge in [0.25, 0.3) is 0 Å². The van der Waals surface area contributed by atoms with Crippen LogP contribution in [-0.2, 0) is 6.42 Å². The van der Waals surface area contributed by atoms with E-state index in [1.165, 1.54) is 11.1 Å². The van der Waals surface area contributed by atoms with Crippen LogP contribution >= 0.6 is 11.3 Å². The number of urea groups is 1. The first kappa shape index (κ1) is 20.3. The lowest BCUT2D eigenvalue weighted by molar-refractivity contribution is 0.163. The molecule has 4 rings (SSSR count). The zero-order chi connectivity index (χ0) is 20.9. The van der Waals surface area contributed by atoms with Crippen molar-refractivity contribution < 1.29 is 4.79 Å². The number of aromatic nitrogens is 2. The van der Waals surface area contributed by atoms with E-state index in [0.717, 1.165) is 48.1 Å². The van der Waals surface area contributed by atoms with Gasteiger partial charge in [0.15, 0.2) is 5.13 Å². The molecule has 2 amide bonds. The van der Waals surface area contributed by atoms with Crippen LogP contribution in [-0.4, -0.2) is 52.5 Å². The molecule has 0 saturated carbocycles. The quantitative estimate of drug-likeness (QED) is 0.607. The maximum atomic E-state index is 12.3. The maximum Gasteiger partial charge on any atom is 0.319 e. The molecule has 6 nitrogen and oxygen atoms in total. The number of anilines is 2. The van der Waals surface area contributed by atoms with E-state index in [0.29, 0.717) is 6.04 Å². The molecule has 1 aliphatic rings. The minimum absolute atomic E-state index is 0.119. The van der Waals surface area contributed by atoms with Crippen molar-refractivity contribution in [3.05, 3.63) is 60.4 Å². The number of aryl methyl sites for hydroxylation is 1. The second kappa shape index (κ2) is 9.26. The highest BCUT2D eigenvalue weighted by atomic mass is 32.1. The van der Waals surface area contributed by atoms with Crippen LogP contribution in [0.4, 0.5) is 15.7 Å². The van der Waals surface area contributed by atoms with Crippen LogP contribution in [0.5, 0.6) is 0 Å². The monoisotopic (exact) mass is 421 g/mol. The van der Waals surface area contributed by atoms with E-state index in [1.54, 1.807) is 16.2 Å². The second-order valence-corrected chi connectivity index (χ2v) is 8.81. The number of rotatable bonds is 6. The average Bonchev–Trinajstić information content (AvgIpc) is 3.43. The lowest BCUT2D eigenvalue weighted by Gasteiger charge is -2.27. The fourth-order valence-electron chi connectivity index (χ4n) is 3.80. The molecule has 3 aromatic rings. The molecule has 0 radical (unpaired) electrons. The van der Waals surface area contributed by atoms with Crippen molar-refractivity contribution in [1.82, 2.24) is 19.8 Å². The Morgan fingerprint density at radius 1 is 1.17 bits per heavy atom. The van der Waals surface area contributed by atoms with Crippen molar-refractivity contribution in [3.8, 4) is 10.4 Å². The predicted octanol–water partition coefficient (Wildman–Crippen LogP) is 5.03. The maximum absolute atomic E-state index is 12.3. The molecule has 1 unspecified atom stereocenters. The van der Waals surface area contributed by atoms with E-state index in [1.807, 2.05) is 55.7 Å². The summed E-state index contributed by atoms with van der Waals surface area (Å²) in [5, 5.41) is 4.12. The number of carbonyl (C=O) groups is 1. The highest BCUT2D eigenvalue weighted by Gasteiger charge is 2.29. The van der Waals surface area contributed by atoms with Crippen LogP contribution in [0.15, 0.2) is 54.9 Å². The van der Waals surface area contributed by atoms with Gasteiger partial charge in [-0.3, -0.25) is 0 Å². The smallest absolute Gasteiger partial charge is 0.319 e. The Labute approximate surface area is 181 Å². The molecule has 2 aromatic heterocycles. The van der Waals surface area contributed by atoms with E-state index < -0.39 is 0 Å². The number of hydrogen-bond donors (Lipinski definition) is 1. The third-order valence-electron chi connectivity index (χ3n) is 5.40. The summed E-state index contributed by atoms with van der Waals surface area (Å²) >= 11 is 1.61. The first-order chi connectivity index (χ1) is 14.6. The predicted molar refractivity (Wildman–Crippen MR) is 122 cm³/mol. The standard InChI is InChI=1S/C23H27N5OS/c1-27(2)23(29)28-14-6-9-19(28)12-10-17-11-13-21(24-15-17)26-22-25-16-20(30-22)18-7-4-3-5-8-18/h3-5,7-8,11,13,15-16,19H,6,9-10,12,14H2,1-2H3,(H,24,25,26). The van der Waals surface area contributed by atoms with E-state index in [9.17, 15) is 4.79 Å². The highest BCUT2D eigenvalue weighted by molar-refractivity contribution is 7.18. The molecule has 1 N–H and O–H groups in total. The fraction of sp³-hybridized carbons (Fsp3) is 0.348. The van der Waals surface area contributed by atoms with Crippen molar-refractivity contribution in [2.45, 2.75) is 31.7 Å². The first-order valence-corrected chi connectivity index (χ1v) is 11.1. The number of likely N-dealkylation sites (tertiary alicyclic amines) is 1. The van der Waals surface area contributed by atoms with Gasteiger partial charge in [0.2, 0.25) is 0 Å². The topological polar surface area (TPSA) is 61.4 Å². The lowest BCUT2D eigenvalue weighted by atomic mass is 10.0. The number of hydrogen-bond acceptors (Lipinski definition) is 5. The number of pyridine rings is 1. The minimum atomic E-state index is 0.119. The van der Waals surface area contributed by atoms with Crippen LogP contribution in [0, 0.1) is 0 Å². The summed E-state index contributed by atoms with van der Waals surface area (Å²) < 4.78 is 0. The highest BCUT2D eigenvalue weighted by Crippen LogP contribution is 2.30. The third kappa shape index (κ3) is 4.79. The minimum Gasteiger partial charge on any atom is -0.331 e. The van der Waals surface area contributed by atoms with Gasteiger partial charge in [-0.15, -0.1) is 0 Å². The number of benzene rings is 1. The molecule has 0 aliphatic carbocycles. The number of nitrogens with one attached hydrogen (secondary N) is 1. The Morgan fingerprint density at radius 2 is 2.00 bits per heavy atom. The average molecular weight is 422 g/mol. The number of carbonyl (C=O) groups excluding carboxylic acids is 1. The van der Waals surface area contributed by atoms with Gasteiger partial charge in [-0.05, 0) is 42.9 Å². The largest absolute Gasteiger partial charge is 0.331 e. The van der Waals surface area contributed by atoms with Crippen LogP contribution in [0.25, 0.3) is 10.4 Å². The molecule has 0 bridgehead atoms. The Morgan fingerprint density at radius 3 is 2.73 bits per heavy atom. The van der Waals surface area contributed by atoms with Crippen LogP contribution in [0.2, 0.25) is 0 Å². The van der Waals surface area contributed by atoms with Gasteiger partial charge in [0, 0.05) is 39.1 Å². The zero-order valence-electron chi connectivity index (χ0n) is 17.4. The molecule has 30 heavy (non-hydrogen) atoms. The molecule has 0 spiro atoms. The SMILES string of the molecule is CN(C)C(=O)N1CCCC1CCc1ccc(Nc2ncc(-c3ccccc3)s2)nc1. The van der Waals surface area contributed by atoms with Crippen molar-refractivity contribution in [2.75, 3.05) is 26.0 Å². The third-order valence-corrected chi connectivity index (χ3v) is 6.36. The van der Waals surface area contributed by atoms with Crippen molar-refractivity contribution in [3.63, 3.8) is 0 Å². The molecular weight excluding hydrogens is 394 g/mol. The molecule has 1 aromatic carbocycles. The summed E-state index contributed by atoms with van der Waals surface area (Å²) in [5.41, 5.74) is 2.36. The summed E-state index contributed by atoms with van der Waals surface area (Å²) in [5.74, 6) is 0.790. The lowest BCUT2D eigenvalue weighted by Crippen LogP contribution is -2.42. The first-order valence-electron chi connectivity index (χ1n) is 10.3. The summed E-state index contributed by atoms with van der Waals surface area (Å²) in [6.07, 6.45) is 7.87. The Kier molecular flexibility index (Phi) is 6.28. The molecule has 1 aliphatic heterocycles. The van der Waals surface area contributed by atoms with Gasteiger partial charge in [0.1, 0.15) is 5.82 Å². The zero-order valence-corrected chi connectivity index (χ0v) is 18.2. The summed E-state index contributed by atoms with van der Waals surface area (Å²) in [6.45, 7) is 0.863. The van der Waals surface area contributed by atoms with Crippen LogP contribution in [0.3, 0.4) is 0 Å². The normalized spacial score (nSPS) is 15.9. The van der Waals surface area contributed by atoms with E-state index in [-0.39, 0.29) is 6.03 Å². The molecule has 1 fully saturated rings. The van der Waals surface area contributed by atoms with Crippen LogP contribution in [0.1, 0.15) is 24.8 Å². The number of thiazole rings is 1. The van der Waals surface area contributed by atoms with Gasteiger partial charge >= 0.3 is 6.03 Å². The summed E-state index contributed by atoms with van der Waals surface area (Å²) in [7, 11) is 3.64. The van der Waals surface area contributed by atoms with Crippen molar-refractivity contribution in [1.29, 1.82) is 0 Å². The fourth-order valence-corrected chi connectivity index (χ4v) is 4.63. The van der Waals surface area contributed by atoms with Gasteiger partial charge in [-0.2, -0.15) is 0 Å². The van der Waals surface area contributed by atoms with Gasteiger partial charge in [0.05, 0.1) is 4.88 Å². The summed E-state index contributed by atoms with van der Waals surface area (Å²) in [4.78, 5) is 26.1. The Hall–Kier alpha value is -2.93. The number of nitrogens with zero attached hydrogens (tertiary/aromatic N) is 4. The van der Waals surface area contributed by atoms with Gasteiger partial charge in [-0.25, -0.2) is 14.8 Å². The summed E-state index contributed by atoms with van der Waals surface area (Å²) in [6, 6.07) is 14.8. The molecular formula is C23H27N5OS. The van der Waals surface area contributed by atoms with E-state index in [4.69, 9.17) is 0 Å². The second-order valence-electron chi connectivity index (χ2n) is 7.78. The van der Waals surface area contributed by atoms with Crippen molar-refractivity contribution >= 4 is 28.3 Å². The van der Waals surface area contributed by atoms with E-state index >= 15 is 0 Å². The molecule has 156 valence electrons. The molecule has 1 saturated heterocycles. The van der Waals surface area contributed by atoms with Gasteiger partial charge < -0.3 is 15.1 Å². The Bertz CT molecular complexity index is 971. The van der Waals surface area contributed by atoms with Gasteiger partial charge in [-0.1, -0.05) is 47.7 Å².